The number of hydrogen-bond donors (Lipinski definition) is 0. The number of rotatable bonds is 1. The maximum atomic E-state index is 11.4. The van der Waals surface area contributed by atoms with E-state index in [4.69, 9.17) is 11.6 Å². The molecule has 1 aliphatic carbocycles. The van der Waals surface area contributed by atoms with Gasteiger partial charge in [-0.1, -0.05) is 74.0 Å². The van der Waals surface area contributed by atoms with Crippen LogP contribution in [0.2, 0.25) is 0 Å². The molecule has 3 rings (SSSR count). The van der Waals surface area contributed by atoms with Crippen molar-refractivity contribution < 1.29 is 37.5 Å². The molecule has 0 aromatic heterocycles. The Morgan fingerprint density at radius 2 is 1.36 bits per heavy atom. The molecule has 0 saturated heterocycles. The molecule has 0 atom stereocenters. The van der Waals surface area contributed by atoms with Gasteiger partial charge in [0.2, 0.25) is 0 Å². The van der Waals surface area contributed by atoms with Crippen molar-refractivity contribution in [3.63, 3.8) is 0 Å². The number of carbonyl (C=O) groups is 1. The maximum Gasteiger partial charge on any atom is 0.152 e. The molecule has 1 radical (unpaired) electrons. The van der Waals surface area contributed by atoms with Crippen molar-refractivity contribution in [2.75, 3.05) is 0 Å². The van der Waals surface area contributed by atoms with E-state index in [0.29, 0.717) is 10.6 Å². The Labute approximate surface area is 163 Å². The molecular weight excluding hydrogens is 369 g/mol. The number of benzene rings is 2. The molecule has 1 aliphatic rings. The summed E-state index contributed by atoms with van der Waals surface area (Å²) < 4.78 is 0. The van der Waals surface area contributed by atoms with Crippen molar-refractivity contribution in [2.45, 2.75) is 20.3 Å². The second-order valence-corrected chi connectivity index (χ2v) is 4.71. The van der Waals surface area contributed by atoms with E-state index in [9.17, 15) is 4.79 Å². The average Bonchev–Trinajstić information content (AvgIpc) is 2.63. The second kappa shape index (κ2) is 10.1. The predicted molar refractivity (Wildman–Crippen MR) is 92.2 cm³/mol. The van der Waals surface area contributed by atoms with E-state index in [1.54, 1.807) is 0 Å². The third kappa shape index (κ3) is 4.16. The van der Waals surface area contributed by atoms with Crippen molar-refractivity contribution >= 4 is 28.5 Å². The average molecular weight is 389 g/mol. The van der Waals surface area contributed by atoms with Crippen LogP contribution in [0.4, 0.5) is 0 Å². The Balaban J connectivity index is 0.00000106. The molecule has 0 saturated carbocycles. The fourth-order valence-corrected chi connectivity index (χ4v) is 2.74. The van der Waals surface area contributed by atoms with E-state index in [1.807, 2.05) is 56.3 Å². The zero-order valence-corrected chi connectivity index (χ0v) is 16.9. The number of hydrogen-bond acceptors (Lipinski definition) is 1. The van der Waals surface area contributed by atoms with Gasteiger partial charge in [-0.2, -0.15) is 0 Å². The van der Waals surface area contributed by atoms with E-state index in [0.717, 1.165) is 35.0 Å². The van der Waals surface area contributed by atoms with Crippen molar-refractivity contribution in [1.82, 2.24) is 0 Å². The first-order chi connectivity index (χ1) is 9.81. The van der Waals surface area contributed by atoms with Crippen molar-refractivity contribution in [3.8, 4) is 0 Å². The van der Waals surface area contributed by atoms with Crippen LogP contribution in [-0.4, -0.2) is 6.29 Å². The number of allylic oxidation sites excluding steroid dienone is 1. The van der Waals surface area contributed by atoms with Crippen LogP contribution < -0.4 is 0 Å². The van der Waals surface area contributed by atoms with Crippen LogP contribution in [0.3, 0.4) is 0 Å². The predicted octanol–water partition coefficient (Wildman–Crippen LogP) is 5.37. The zero-order chi connectivity index (χ0) is 14.5. The van der Waals surface area contributed by atoms with Crippen LogP contribution in [0, 0.1) is 7.43 Å². The van der Waals surface area contributed by atoms with Crippen molar-refractivity contribution in [1.29, 1.82) is 0 Å². The first-order valence-corrected chi connectivity index (χ1v) is 7.20. The largest absolute Gasteiger partial charge is 0.358 e. The molecule has 0 spiro atoms. The van der Waals surface area contributed by atoms with Crippen LogP contribution in [0.5, 0.6) is 0 Å². The van der Waals surface area contributed by atoms with Gasteiger partial charge in [-0.3, -0.25) is 4.79 Å². The Morgan fingerprint density at radius 3 is 1.91 bits per heavy atom. The molecule has 2 aromatic carbocycles. The molecular formula is C19H20ClOY-. The molecule has 0 N–H and O–H groups in total. The van der Waals surface area contributed by atoms with Gasteiger partial charge in [-0.05, 0) is 28.7 Å². The van der Waals surface area contributed by atoms with Gasteiger partial charge in [0.15, 0.2) is 6.29 Å². The second-order valence-electron chi connectivity index (χ2n) is 4.34. The molecule has 0 bridgehead atoms. The normalized spacial score (nSPS) is 11.4. The van der Waals surface area contributed by atoms with E-state index in [2.05, 4.69) is 6.07 Å². The molecule has 3 heteroatoms. The third-order valence-corrected chi connectivity index (χ3v) is 3.70. The van der Waals surface area contributed by atoms with Crippen LogP contribution in [0.15, 0.2) is 48.5 Å². The minimum absolute atomic E-state index is 0. The van der Waals surface area contributed by atoms with E-state index in [1.165, 1.54) is 0 Å². The summed E-state index contributed by atoms with van der Waals surface area (Å²) in [6.45, 7) is 4.00. The van der Waals surface area contributed by atoms with E-state index in [-0.39, 0.29) is 40.1 Å². The molecule has 113 valence electrons. The summed E-state index contributed by atoms with van der Waals surface area (Å²) in [4.78, 5) is 11.4. The standard InChI is InChI=1S/C16H11ClO.C2H6.CH3.Y/c17-16-14-8-4-2-6-12(14)9-11-5-1-3-7-13(11)15(16)10-18;1-2;;/h1-8,10H,9H2;1-2H3;1H3;/q;;-1;. The van der Waals surface area contributed by atoms with Crippen LogP contribution in [0.25, 0.3) is 10.6 Å². The molecule has 0 fully saturated rings. The number of aldehydes is 1. The fraction of sp³-hybridized carbons (Fsp3) is 0.158. The Hall–Kier alpha value is -0.756. The van der Waals surface area contributed by atoms with Gasteiger partial charge in [-0.25, -0.2) is 0 Å². The molecule has 1 nitrogen and oxygen atoms in total. The summed E-state index contributed by atoms with van der Waals surface area (Å²) in [5, 5.41) is 0.547. The van der Waals surface area contributed by atoms with Crippen molar-refractivity contribution in [3.05, 3.63) is 78.2 Å². The van der Waals surface area contributed by atoms with Gasteiger partial charge in [0.05, 0.1) is 5.03 Å². The summed E-state index contributed by atoms with van der Waals surface area (Å²) in [5.74, 6) is 0. The monoisotopic (exact) mass is 388 g/mol. The SMILES string of the molecule is CC.O=CC1=C(Cl)c2ccccc2Cc2ccccc21.[CH3-].[Y]. The Bertz CT molecular complexity index is 662. The minimum Gasteiger partial charge on any atom is -0.358 e. The Morgan fingerprint density at radius 1 is 0.909 bits per heavy atom. The summed E-state index contributed by atoms with van der Waals surface area (Å²) in [7, 11) is 0. The molecule has 0 aliphatic heterocycles. The summed E-state index contributed by atoms with van der Waals surface area (Å²) in [5.41, 5.74) is 4.78. The molecule has 2 aromatic rings. The first kappa shape index (κ1) is 21.2. The van der Waals surface area contributed by atoms with E-state index < -0.39 is 0 Å². The fourth-order valence-electron chi connectivity index (χ4n) is 2.41. The summed E-state index contributed by atoms with van der Waals surface area (Å²) in [6, 6.07) is 15.9. The van der Waals surface area contributed by atoms with Crippen LogP contribution >= 0.6 is 11.6 Å². The quantitative estimate of drug-likeness (QED) is 0.474. The molecule has 22 heavy (non-hydrogen) atoms. The van der Waals surface area contributed by atoms with Crippen LogP contribution in [-0.2, 0) is 43.9 Å². The van der Waals surface area contributed by atoms with Gasteiger partial charge in [0.1, 0.15) is 0 Å². The minimum atomic E-state index is 0. The van der Waals surface area contributed by atoms with E-state index >= 15 is 0 Å². The number of fused-ring (bicyclic) bond motifs is 2. The van der Waals surface area contributed by atoms with Crippen molar-refractivity contribution in [2.24, 2.45) is 0 Å². The van der Waals surface area contributed by atoms with Gasteiger partial charge >= 0.3 is 0 Å². The Kier molecular flexibility index (Phi) is 9.75. The maximum absolute atomic E-state index is 11.4. The van der Waals surface area contributed by atoms with Gasteiger partial charge in [-0.15, -0.1) is 0 Å². The zero-order valence-electron chi connectivity index (χ0n) is 13.3. The third-order valence-electron chi connectivity index (χ3n) is 3.30. The molecule has 0 heterocycles. The number of carbonyl (C=O) groups excluding carboxylic acids is 1. The first-order valence-electron chi connectivity index (χ1n) is 6.83. The topological polar surface area (TPSA) is 17.1 Å². The summed E-state index contributed by atoms with van der Waals surface area (Å²) >= 11 is 6.39. The smallest absolute Gasteiger partial charge is 0.152 e. The van der Waals surface area contributed by atoms with Gasteiger partial charge in [0.25, 0.3) is 0 Å². The summed E-state index contributed by atoms with van der Waals surface area (Å²) in [6.07, 6.45) is 1.66. The molecule has 0 unspecified atom stereocenters. The van der Waals surface area contributed by atoms with Gasteiger partial charge in [0, 0.05) is 38.3 Å². The number of halogens is 1. The van der Waals surface area contributed by atoms with Crippen LogP contribution in [0.1, 0.15) is 36.1 Å². The molecule has 0 amide bonds. The van der Waals surface area contributed by atoms with Gasteiger partial charge < -0.3 is 7.43 Å².